The molecule has 3 nitrogen and oxygen atoms in total. The molecule has 0 aliphatic heterocycles. The van der Waals surface area contributed by atoms with E-state index >= 15 is 0 Å². The molecule has 0 bridgehead atoms. The molecular weight excluding hydrogens is 204 g/mol. The van der Waals surface area contributed by atoms with Crippen molar-refractivity contribution in [3.63, 3.8) is 0 Å². The number of rotatable bonds is 7. The van der Waals surface area contributed by atoms with Crippen LogP contribution in [0.3, 0.4) is 0 Å². The molecule has 0 spiro atoms. The van der Waals surface area contributed by atoms with Crippen molar-refractivity contribution in [2.75, 3.05) is 26.9 Å². The topological polar surface area (TPSA) is 38.7 Å². The van der Waals surface area contributed by atoms with Gasteiger partial charge >= 0.3 is 0 Å². The molecule has 1 unspecified atom stereocenters. The van der Waals surface area contributed by atoms with Crippen LogP contribution in [0.4, 0.5) is 0 Å². The summed E-state index contributed by atoms with van der Waals surface area (Å²) < 4.78 is 10.7. The minimum Gasteiger partial charge on any atom is -0.391 e. The van der Waals surface area contributed by atoms with Gasteiger partial charge in [0.2, 0.25) is 0 Å². The van der Waals surface area contributed by atoms with Crippen molar-refractivity contribution in [3.8, 4) is 0 Å². The lowest BCUT2D eigenvalue weighted by Gasteiger charge is -2.28. The smallest absolute Gasteiger partial charge is 0.0771 e. The Bertz CT molecular complexity index is 165. The Kier molecular flexibility index (Phi) is 7.01. The van der Waals surface area contributed by atoms with Gasteiger partial charge in [-0.3, -0.25) is 0 Å². The van der Waals surface area contributed by atoms with E-state index in [0.29, 0.717) is 12.5 Å². The van der Waals surface area contributed by atoms with Gasteiger partial charge in [-0.25, -0.2) is 0 Å². The molecule has 0 amide bonds. The fourth-order valence-electron chi connectivity index (χ4n) is 2.29. The highest BCUT2D eigenvalue weighted by molar-refractivity contribution is 4.72. The third-order valence-corrected chi connectivity index (χ3v) is 3.50. The first-order valence-corrected chi connectivity index (χ1v) is 6.51. The maximum absolute atomic E-state index is 9.36. The zero-order chi connectivity index (χ0) is 11.8. The summed E-state index contributed by atoms with van der Waals surface area (Å²) in [6.07, 6.45) is 5.51. The van der Waals surface area contributed by atoms with Crippen molar-refractivity contribution < 1.29 is 14.6 Å². The molecule has 0 saturated heterocycles. The van der Waals surface area contributed by atoms with Gasteiger partial charge in [0.05, 0.1) is 12.7 Å². The molecule has 1 rings (SSSR count). The van der Waals surface area contributed by atoms with E-state index in [0.717, 1.165) is 25.6 Å². The zero-order valence-corrected chi connectivity index (χ0v) is 10.7. The normalized spacial score (nSPS) is 27.9. The number of ether oxygens (including phenoxy) is 2. The molecule has 3 heteroatoms. The van der Waals surface area contributed by atoms with Crippen molar-refractivity contribution in [2.24, 2.45) is 11.8 Å². The van der Waals surface area contributed by atoms with Crippen LogP contribution in [-0.4, -0.2) is 38.1 Å². The molecule has 0 heterocycles. The third-order valence-electron chi connectivity index (χ3n) is 3.50. The van der Waals surface area contributed by atoms with E-state index in [2.05, 4.69) is 0 Å². The molecule has 96 valence electrons. The van der Waals surface area contributed by atoms with Gasteiger partial charge in [0, 0.05) is 20.3 Å². The Morgan fingerprint density at radius 1 is 1.12 bits per heavy atom. The maximum atomic E-state index is 9.36. The predicted molar refractivity (Wildman–Crippen MR) is 64.4 cm³/mol. The van der Waals surface area contributed by atoms with Crippen LogP contribution in [0.25, 0.3) is 0 Å². The number of methoxy groups -OCH3 is 1. The van der Waals surface area contributed by atoms with Crippen LogP contribution >= 0.6 is 0 Å². The summed E-state index contributed by atoms with van der Waals surface area (Å²) in [5.41, 5.74) is 0. The molecule has 1 fully saturated rings. The predicted octanol–water partition coefficient (Wildman–Crippen LogP) is 2.23. The van der Waals surface area contributed by atoms with E-state index in [1.807, 2.05) is 6.92 Å². The van der Waals surface area contributed by atoms with Crippen LogP contribution in [0, 0.1) is 11.8 Å². The van der Waals surface area contributed by atoms with E-state index in [1.54, 1.807) is 7.11 Å². The molecule has 16 heavy (non-hydrogen) atoms. The zero-order valence-electron chi connectivity index (χ0n) is 10.7. The Morgan fingerprint density at radius 3 is 2.19 bits per heavy atom. The molecule has 0 aromatic carbocycles. The van der Waals surface area contributed by atoms with E-state index in [1.165, 1.54) is 25.7 Å². The van der Waals surface area contributed by atoms with Crippen LogP contribution < -0.4 is 0 Å². The number of aliphatic hydroxyl groups is 1. The third kappa shape index (κ3) is 5.28. The largest absolute Gasteiger partial charge is 0.391 e. The van der Waals surface area contributed by atoms with Gasteiger partial charge in [-0.1, -0.05) is 6.92 Å². The van der Waals surface area contributed by atoms with Crippen molar-refractivity contribution >= 4 is 0 Å². The van der Waals surface area contributed by atoms with Gasteiger partial charge in [0.25, 0.3) is 0 Å². The first-order valence-electron chi connectivity index (χ1n) is 6.51. The summed E-state index contributed by atoms with van der Waals surface area (Å²) >= 11 is 0. The van der Waals surface area contributed by atoms with Crippen molar-refractivity contribution in [1.29, 1.82) is 0 Å². The van der Waals surface area contributed by atoms with Crippen LogP contribution in [-0.2, 0) is 9.47 Å². The lowest BCUT2D eigenvalue weighted by molar-refractivity contribution is 0.00847. The quantitative estimate of drug-likeness (QED) is 0.729. The molecule has 1 aliphatic carbocycles. The van der Waals surface area contributed by atoms with Crippen molar-refractivity contribution in [2.45, 2.75) is 45.1 Å². The van der Waals surface area contributed by atoms with Gasteiger partial charge in [-0.05, 0) is 43.9 Å². The van der Waals surface area contributed by atoms with Gasteiger partial charge in [-0.15, -0.1) is 0 Å². The van der Waals surface area contributed by atoms with Crippen LogP contribution in [0.2, 0.25) is 0 Å². The van der Waals surface area contributed by atoms with Crippen LogP contribution in [0.1, 0.15) is 39.0 Å². The van der Waals surface area contributed by atoms with E-state index < -0.39 is 0 Å². The van der Waals surface area contributed by atoms with E-state index in [-0.39, 0.29) is 6.10 Å². The Balaban J connectivity index is 2.03. The molecule has 1 atom stereocenters. The second-order valence-electron chi connectivity index (χ2n) is 4.94. The molecule has 1 aliphatic rings. The summed E-state index contributed by atoms with van der Waals surface area (Å²) in [6, 6.07) is 0. The molecule has 0 aromatic heterocycles. The fraction of sp³-hybridized carbons (Fsp3) is 1.00. The minimum atomic E-state index is -0.287. The average Bonchev–Trinajstić information content (AvgIpc) is 2.31. The highest BCUT2D eigenvalue weighted by Crippen LogP contribution is 2.28. The molecule has 1 saturated carbocycles. The summed E-state index contributed by atoms with van der Waals surface area (Å²) in [5.74, 6) is 1.44. The van der Waals surface area contributed by atoms with Gasteiger partial charge in [0.15, 0.2) is 0 Å². The average molecular weight is 230 g/mol. The molecule has 1 N–H and O–H groups in total. The highest BCUT2D eigenvalue weighted by atomic mass is 16.5. The molecule has 0 radical (unpaired) electrons. The van der Waals surface area contributed by atoms with E-state index in [9.17, 15) is 5.11 Å². The van der Waals surface area contributed by atoms with Crippen LogP contribution in [0.15, 0.2) is 0 Å². The number of aliphatic hydroxyl groups excluding tert-OH is 1. The summed E-state index contributed by atoms with van der Waals surface area (Å²) in [7, 11) is 1.78. The summed E-state index contributed by atoms with van der Waals surface area (Å²) in [5, 5.41) is 9.36. The lowest BCUT2D eigenvalue weighted by Crippen LogP contribution is -2.23. The van der Waals surface area contributed by atoms with Crippen molar-refractivity contribution in [1.82, 2.24) is 0 Å². The second-order valence-corrected chi connectivity index (χ2v) is 4.94. The Labute approximate surface area is 99.1 Å². The van der Waals surface area contributed by atoms with E-state index in [4.69, 9.17) is 9.47 Å². The fourth-order valence-corrected chi connectivity index (χ4v) is 2.29. The lowest BCUT2D eigenvalue weighted by atomic mass is 9.83. The standard InChI is InChI=1S/C13H26O3/c1-3-13(14)10-16-9-12-6-4-11(5-7-12)8-15-2/h11-14H,3-10H2,1-2H3. The summed E-state index contributed by atoms with van der Waals surface area (Å²) in [6.45, 7) is 4.19. The monoisotopic (exact) mass is 230 g/mol. The van der Waals surface area contributed by atoms with Gasteiger partial charge in [0.1, 0.15) is 0 Å². The molecular formula is C13H26O3. The second kappa shape index (κ2) is 8.04. The first-order chi connectivity index (χ1) is 7.76. The minimum absolute atomic E-state index is 0.287. The highest BCUT2D eigenvalue weighted by Gasteiger charge is 2.21. The molecule has 0 aromatic rings. The SMILES string of the molecule is CCC(O)COCC1CCC(COC)CC1. The maximum Gasteiger partial charge on any atom is 0.0771 e. The Hall–Kier alpha value is -0.120. The summed E-state index contributed by atoms with van der Waals surface area (Å²) in [4.78, 5) is 0. The Morgan fingerprint density at radius 2 is 1.69 bits per heavy atom. The number of hydrogen-bond acceptors (Lipinski definition) is 3. The first kappa shape index (κ1) is 13.9. The van der Waals surface area contributed by atoms with Gasteiger partial charge in [-0.2, -0.15) is 0 Å². The van der Waals surface area contributed by atoms with Gasteiger partial charge < -0.3 is 14.6 Å². The van der Waals surface area contributed by atoms with Crippen molar-refractivity contribution in [3.05, 3.63) is 0 Å². The van der Waals surface area contributed by atoms with Crippen LogP contribution in [0.5, 0.6) is 0 Å². The number of hydrogen-bond donors (Lipinski definition) is 1.